The van der Waals surface area contributed by atoms with Gasteiger partial charge < -0.3 is 34.5 Å². The maximum atomic E-state index is 14.3. The van der Waals surface area contributed by atoms with Gasteiger partial charge in [0.25, 0.3) is 5.91 Å². The number of fused-ring (bicyclic) bond motifs is 3. The third-order valence-electron chi connectivity index (χ3n) is 10.5. The lowest BCUT2D eigenvalue weighted by atomic mass is 9.99. The molecule has 1 saturated carbocycles. The van der Waals surface area contributed by atoms with E-state index in [9.17, 15) is 32.5 Å². The summed E-state index contributed by atoms with van der Waals surface area (Å²) < 4.78 is 45.8. The fourth-order valence-corrected chi connectivity index (χ4v) is 9.14. The minimum Gasteiger partial charge on any atom is -0.381 e. The second kappa shape index (κ2) is 12.2. The van der Waals surface area contributed by atoms with Crippen molar-refractivity contribution >= 4 is 52.6 Å². The molecule has 0 bridgehead atoms. The fraction of sp³-hybridized carbons (Fsp3) is 0.613. The van der Waals surface area contributed by atoms with Crippen molar-refractivity contribution in [2.45, 2.75) is 62.3 Å². The van der Waals surface area contributed by atoms with Crippen molar-refractivity contribution in [3.05, 3.63) is 34.7 Å². The van der Waals surface area contributed by atoms with E-state index in [1.165, 1.54) is 12.1 Å². The number of rotatable bonds is 6. The molecule has 3 N–H and O–H groups in total. The number of thiophene rings is 1. The van der Waals surface area contributed by atoms with Crippen LogP contribution in [0.15, 0.2) is 24.3 Å². The van der Waals surface area contributed by atoms with Gasteiger partial charge in [-0.15, -0.1) is 11.3 Å². The van der Waals surface area contributed by atoms with E-state index in [2.05, 4.69) is 5.32 Å². The molecule has 16 heteroatoms. The number of hydrogen-bond donors (Lipinski definition) is 3. The van der Waals surface area contributed by atoms with Gasteiger partial charge in [0.1, 0.15) is 12.1 Å². The lowest BCUT2D eigenvalue weighted by Gasteiger charge is -2.40. The van der Waals surface area contributed by atoms with Crippen LogP contribution >= 0.6 is 18.9 Å². The van der Waals surface area contributed by atoms with E-state index in [1.807, 2.05) is 0 Å². The molecule has 1 aliphatic carbocycles. The van der Waals surface area contributed by atoms with Crippen LogP contribution in [0.4, 0.5) is 8.78 Å². The van der Waals surface area contributed by atoms with Gasteiger partial charge in [-0.1, -0.05) is 6.07 Å². The summed E-state index contributed by atoms with van der Waals surface area (Å²) in [5, 5.41) is 3.09. The lowest BCUT2D eigenvalue weighted by molar-refractivity contribution is -0.149. The third kappa shape index (κ3) is 6.09. The highest BCUT2D eigenvalue weighted by molar-refractivity contribution is 7.52. The average Bonchev–Trinajstić information content (AvgIpc) is 3.46. The van der Waals surface area contributed by atoms with Gasteiger partial charge in [-0.25, -0.2) is 0 Å². The maximum absolute atomic E-state index is 14.3. The first-order valence-corrected chi connectivity index (χ1v) is 18.5. The molecule has 5 aliphatic rings. The van der Waals surface area contributed by atoms with Gasteiger partial charge in [-0.3, -0.25) is 23.7 Å². The first-order chi connectivity index (χ1) is 22.3. The Labute approximate surface area is 273 Å². The zero-order chi connectivity index (χ0) is 33.2. The number of halogens is 2. The molecule has 4 amide bonds. The van der Waals surface area contributed by atoms with Crippen molar-refractivity contribution in [2.24, 2.45) is 17.8 Å². The molecule has 47 heavy (non-hydrogen) atoms. The van der Waals surface area contributed by atoms with Crippen molar-refractivity contribution in [1.82, 2.24) is 20.0 Å². The Hall–Kier alpha value is -2.97. The SMILES string of the molecule is O=C(N[C@H]1C[C@@H]2C[C@@H]2C[C@H]2CC[C@@H](C(=O)N3CCN(C(=O)[C@@H]4CCOC4)CC3)N2C1=O)c1cc2cc(C(F)(F)P(=O)(O)O)ccc2s1. The highest BCUT2D eigenvalue weighted by atomic mass is 32.1. The lowest BCUT2D eigenvalue weighted by Crippen LogP contribution is -2.59. The second-order valence-electron chi connectivity index (χ2n) is 13.4. The van der Waals surface area contributed by atoms with E-state index in [0.717, 1.165) is 36.3 Å². The van der Waals surface area contributed by atoms with Crippen molar-refractivity contribution in [1.29, 1.82) is 0 Å². The average molecular weight is 695 g/mol. The van der Waals surface area contributed by atoms with E-state index in [-0.39, 0.29) is 45.9 Å². The number of alkyl halides is 2. The topological polar surface area (TPSA) is 157 Å². The monoisotopic (exact) mass is 694 g/mol. The summed E-state index contributed by atoms with van der Waals surface area (Å²) in [5.74, 6) is -0.365. The van der Waals surface area contributed by atoms with Crippen LogP contribution in [-0.2, 0) is 29.3 Å². The molecule has 12 nitrogen and oxygen atoms in total. The molecule has 7 rings (SSSR count). The molecular formula is C31H37F2N4O8PS. The summed E-state index contributed by atoms with van der Waals surface area (Å²) in [6, 6.07) is 2.93. The molecule has 6 atom stereocenters. The largest absolute Gasteiger partial charge is 0.399 e. The number of amides is 4. The van der Waals surface area contributed by atoms with Gasteiger partial charge >= 0.3 is 13.3 Å². The standard InChI is InChI=1S/C31H37F2N4O8PS/c32-31(33,46(42,43)44)21-1-4-25-20(12-21)15-26(47-25)27(38)34-23-14-19-11-18(19)13-22-2-3-24(37(22)29(23)40)30(41)36-8-6-35(7-9-36)28(39)17-5-10-45-16-17/h1,4,12,15,17-19,22-24H,2-3,5-11,13-14,16H2,(H,34,38)(H2,42,43,44)/t17-,18-,19+,22-,23+,24+/m1/s1. The summed E-state index contributed by atoms with van der Waals surface area (Å²) in [6.45, 7) is 2.65. The van der Waals surface area contributed by atoms with Crippen LogP contribution in [0.5, 0.6) is 0 Å². The molecule has 4 aliphatic heterocycles. The normalized spacial score (nSPS) is 29.7. The van der Waals surface area contributed by atoms with Crippen molar-refractivity contribution in [2.75, 3.05) is 39.4 Å². The van der Waals surface area contributed by atoms with Gasteiger partial charge in [-0.2, -0.15) is 8.78 Å². The van der Waals surface area contributed by atoms with Gasteiger partial charge in [-0.05, 0) is 73.9 Å². The molecule has 1 aromatic heterocycles. The molecule has 0 unspecified atom stereocenters. The Balaban J connectivity index is 1.05. The van der Waals surface area contributed by atoms with E-state index >= 15 is 0 Å². The summed E-state index contributed by atoms with van der Waals surface area (Å²) in [4.78, 5) is 77.9. The Morgan fingerprint density at radius 2 is 1.66 bits per heavy atom. The Morgan fingerprint density at radius 1 is 0.957 bits per heavy atom. The summed E-state index contributed by atoms with van der Waals surface area (Å²) >= 11 is 1.02. The van der Waals surface area contributed by atoms with E-state index in [1.54, 1.807) is 14.7 Å². The number of piperazine rings is 1. The number of carbonyl (C=O) groups is 4. The number of hydrogen-bond acceptors (Lipinski definition) is 7. The minimum absolute atomic E-state index is 0.0604. The molecule has 0 radical (unpaired) electrons. The van der Waals surface area contributed by atoms with Crippen LogP contribution in [0, 0.1) is 17.8 Å². The predicted octanol–water partition coefficient (Wildman–Crippen LogP) is 2.72. The molecule has 5 fully saturated rings. The number of benzene rings is 1. The highest BCUT2D eigenvalue weighted by Gasteiger charge is 2.52. The molecule has 4 saturated heterocycles. The molecule has 2 aromatic rings. The maximum Gasteiger partial charge on any atom is 0.399 e. The smallest absolute Gasteiger partial charge is 0.381 e. The molecule has 1 aromatic carbocycles. The summed E-state index contributed by atoms with van der Waals surface area (Å²) in [6.07, 6.45) is 4.15. The summed E-state index contributed by atoms with van der Waals surface area (Å²) in [7, 11) is -5.76. The Morgan fingerprint density at radius 3 is 2.34 bits per heavy atom. The van der Waals surface area contributed by atoms with Gasteiger partial charge in [0.05, 0.1) is 17.4 Å². The van der Waals surface area contributed by atoms with E-state index < -0.39 is 36.8 Å². The number of nitrogens with one attached hydrogen (secondary N) is 1. The minimum atomic E-state index is -5.76. The van der Waals surface area contributed by atoms with Crippen LogP contribution in [0.1, 0.15) is 53.8 Å². The van der Waals surface area contributed by atoms with Crippen LogP contribution in [-0.4, -0.2) is 106 Å². The first kappa shape index (κ1) is 32.6. The number of nitrogens with zero attached hydrogens (tertiary/aromatic N) is 3. The predicted molar refractivity (Wildman–Crippen MR) is 166 cm³/mol. The van der Waals surface area contributed by atoms with Gasteiger partial charge in [0.15, 0.2) is 0 Å². The molecule has 5 heterocycles. The first-order valence-electron chi connectivity index (χ1n) is 16.1. The highest BCUT2D eigenvalue weighted by Crippen LogP contribution is 2.59. The fourth-order valence-electron chi connectivity index (χ4n) is 7.72. The zero-order valence-electron chi connectivity index (χ0n) is 25.6. The third-order valence-corrected chi connectivity index (χ3v) is 12.6. The van der Waals surface area contributed by atoms with Gasteiger partial charge in [0, 0.05) is 49.1 Å². The van der Waals surface area contributed by atoms with Crippen LogP contribution < -0.4 is 5.32 Å². The van der Waals surface area contributed by atoms with Crippen molar-refractivity contribution in [3.63, 3.8) is 0 Å². The summed E-state index contributed by atoms with van der Waals surface area (Å²) in [5.41, 5.74) is -5.24. The van der Waals surface area contributed by atoms with E-state index in [4.69, 9.17) is 14.5 Å². The second-order valence-corrected chi connectivity index (χ2v) is 16.1. The van der Waals surface area contributed by atoms with Crippen LogP contribution in [0.2, 0.25) is 0 Å². The number of carbonyl (C=O) groups excluding carboxylic acids is 4. The Bertz CT molecular complexity index is 1650. The van der Waals surface area contributed by atoms with Crippen molar-refractivity contribution in [3.8, 4) is 0 Å². The molecule has 254 valence electrons. The van der Waals surface area contributed by atoms with Crippen LogP contribution in [0.3, 0.4) is 0 Å². The van der Waals surface area contributed by atoms with Gasteiger partial charge in [0.2, 0.25) is 17.7 Å². The zero-order valence-corrected chi connectivity index (χ0v) is 27.3. The Kier molecular flexibility index (Phi) is 8.43. The quantitative estimate of drug-likeness (QED) is 0.390. The van der Waals surface area contributed by atoms with Crippen molar-refractivity contribution < 1.29 is 47.0 Å². The molecular weight excluding hydrogens is 657 g/mol. The molecule has 0 spiro atoms. The van der Waals surface area contributed by atoms with E-state index in [0.29, 0.717) is 75.7 Å². The number of ether oxygens (including phenoxy) is 1. The van der Waals surface area contributed by atoms with Crippen LogP contribution in [0.25, 0.3) is 10.1 Å².